The van der Waals surface area contributed by atoms with Gasteiger partial charge in [0, 0.05) is 44.6 Å². The highest BCUT2D eigenvalue weighted by Crippen LogP contribution is 2.25. The van der Waals surface area contributed by atoms with E-state index in [1.807, 2.05) is 65.1 Å². The zero-order chi connectivity index (χ0) is 32.2. The van der Waals surface area contributed by atoms with Gasteiger partial charge in [-0.25, -0.2) is 14.0 Å². The molecule has 1 N–H and O–H groups in total. The maximum atomic E-state index is 13.1. The minimum Gasteiger partial charge on any atom is -0.457 e. The molecule has 10 nitrogen and oxygen atoms in total. The van der Waals surface area contributed by atoms with Crippen molar-refractivity contribution in [3.63, 3.8) is 0 Å². The number of esters is 1. The predicted molar refractivity (Wildman–Crippen MR) is 166 cm³/mol. The molecule has 2 saturated heterocycles. The first-order valence-corrected chi connectivity index (χ1v) is 16.0. The van der Waals surface area contributed by atoms with Gasteiger partial charge >= 0.3 is 18.2 Å². The Hall–Kier alpha value is -2.92. The molecule has 0 spiro atoms. The number of carbonyl (C=O) groups is 3. The van der Waals surface area contributed by atoms with Crippen molar-refractivity contribution in [2.45, 2.75) is 84.2 Å². The quantitative estimate of drug-likeness (QED) is 0.188. The van der Waals surface area contributed by atoms with E-state index >= 15 is 0 Å². The number of halogens is 1. The van der Waals surface area contributed by atoms with Gasteiger partial charge in [-0.2, -0.15) is 0 Å². The summed E-state index contributed by atoms with van der Waals surface area (Å²) in [6.45, 7) is 10.7. The molecule has 0 aromatic heterocycles. The number of likely N-dealkylation sites (N-methyl/N-ethyl adjacent to an activating group) is 1. The van der Waals surface area contributed by atoms with Gasteiger partial charge in [0.2, 0.25) is 0 Å². The van der Waals surface area contributed by atoms with Crippen molar-refractivity contribution in [1.82, 2.24) is 14.7 Å². The molecule has 3 aliphatic heterocycles. The summed E-state index contributed by atoms with van der Waals surface area (Å²) in [6.07, 6.45) is 8.94. The molecule has 3 heterocycles. The topological polar surface area (TPSA) is 109 Å². The first-order valence-electron chi connectivity index (χ1n) is 16.0. The lowest BCUT2D eigenvalue weighted by atomic mass is 9.92. The summed E-state index contributed by atoms with van der Waals surface area (Å²) in [5.74, 6) is -0.848. The Morgan fingerprint density at radius 3 is 2.55 bits per heavy atom. The second-order valence-corrected chi connectivity index (χ2v) is 12.7. The van der Waals surface area contributed by atoms with E-state index in [-0.39, 0.29) is 36.9 Å². The molecule has 0 aromatic rings. The van der Waals surface area contributed by atoms with E-state index in [1.54, 1.807) is 4.90 Å². The van der Waals surface area contributed by atoms with Crippen LogP contribution in [-0.4, -0.2) is 115 Å². The molecule has 2 amide bonds. The van der Waals surface area contributed by atoms with Crippen LogP contribution < -0.4 is 0 Å². The van der Waals surface area contributed by atoms with Crippen LogP contribution in [0.3, 0.4) is 0 Å². The van der Waals surface area contributed by atoms with Gasteiger partial charge in [-0.15, -0.1) is 0 Å². The molecule has 0 aromatic carbocycles. The molecule has 0 unspecified atom stereocenters. The molecule has 0 saturated carbocycles. The van der Waals surface area contributed by atoms with Gasteiger partial charge < -0.3 is 34.0 Å². The number of aliphatic hydroxyl groups is 1. The number of hydrogen-bond donors (Lipinski definition) is 1. The number of amides is 2. The summed E-state index contributed by atoms with van der Waals surface area (Å²) in [5, 5.41) is 10.5. The van der Waals surface area contributed by atoms with Gasteiger partial charge in [0.05, 0.1) is 25.2 Å². The molecule has 3 rings (SSSR count). The molecule has 44 heavy (non-hydrogen) atoms. The van der Waals surface area contributed by atoms with Crippen molar-refractivity contribution in [1.29, 1.82) is 0 Å². The summed E-state index contributed by atoms with van der Waals surface area (Å²) in [6, 6.07) is -0.396. The SMILES string of the molecule is C/C(=C\C=C\[C@@H](C)COC(=O)N1CCC[C@H]1CF)[C@H]1OC(=O)C[C@H](O)CC[C@H](C)[C@@H](OC(=O)N2CCN(C)CC2)/C=C\[C@@H]1C. The molecule has 11 heteroatoms. The normalized spacial score (nSPS) is 31.2. The minimum absolute atomic E-state index is 0.0538. The molecule has 0 radical (unpaired) electrons. The molecular weight excluding hydrogens is 569 g/mol. The number of ether oxygens (including phenoxy) is 3. The molecule has 2 fully saturated rings. The molecule has 0 bridgehead atoms. The fourth-order valence-electron chi connectivity index (χ4n) is 5.70. The summed E-state index contributed by atoms with van der Waals surface area (Å²) < 4.78 is 30.4. The van der Waals surface area contributed by atoms with Gasteiger partial charge in [0.1, 0.15) is 18.9 Å². The molecule has 3 aliphatic rings. The van der Waals surface area contributed by atoms with E-state index < -0.39 is 43.1 Å². The third-order valence-corrected chi connectivity index (χ3v) is 8.76. The van der Waals surface area contributed by atoms with E-state index in [0.29, 0.717) is 38.9 Å². The number of cyclic esters (lactones) is 1. The number of likely N-dealkylation sites (tertiary alicyclic amines) is 1. The van der Waals surface area contributed by atoms with E-state index in [4.69, 9.17) is 14.2 Å². The zero-order valence-corrected chi connectivity index (χ0v) is 27.0. The van der Waals surface area contributed by atoms with Gasteiger partial charge in [0.25, 0.3) is 0 Å². The third-order valence-electron chi connectivity index (χ3n) is 8.76. The first-order chi connectivity index (χ1) is 21.0. The average Bonchev–Trinajstić information content (AvgIpc) is 3.48. The highest BCUT2D eigenvalue weighted by Gasteiger charge is 2.31. The minimum atomic E-state index is -0.855. The van der Waals surface area contributed by atoms with Crippen LogP contribution in [0.15, 0.2) is 36.0 Å². The second kappa shape index (κ2) is 17.5. The lowest BCUT2D eigenvalue weighted by Gasteiger charge is -2.33. The van der Waals surface area contributed by atoms with Crippen molar-refractivity contribution in [3.8, 4) is 0 Å². The van der Waals surface area contributed by atoms with E-state index in [2.05, 4.69) is 4.90 Å². The van der Waals surface area contributed by atoms with Gasteiger partial charge in [-0.1, -0.05) is 45.1 Å². The Kier molecular flexibility index (Phi) is 14.2. The molecule has 7 atom stereocenters. The van der Waals surface area contributed by atoms with Crippen LogP contribution in [0.4, 0.5) is 14.0 Å². The monoisotopic (exact) mass is 621 g/mol. The number of hydrogen-bond acceptors (Lipinski definition) is 8. The van der Waals surface area contributed by atoms with Crippen LogP contribution in [0, 0.1) is 17.8 Å². The van der Waals surface area contributed by atoms with Crippen LogP contribution in [0.25, 0.3) is 0 Å². The predicted octanol–water partition coefficient (Wildman–Crippen LogP) is 4.73. The van der Waals surface area contributed by atoms with Crippen molar-refractivity contribution in [2.24, 2.45) is 17.8 Å². The van der Waals surface area contributed by atoms with Crippen LogP contribution in [-0.2, 0) is 19.0 Å². The Morgan fingerprint density at radius 1 is 1.11 bits per heavy atom. The third kappa shape index (κ3) is 10.9. The van der Waals surface area contributed by atoms with Crippen molar-refractivity contribution >= 4 is 18.2 Å². The highest BCUT2D eigenvalue weighted by atomic mass is 19.1. The van der Waals surface area contributed by atoms with Crippen LogP contribution in [0.2, 0.25) is 0 Å². The summed E-state index contributed by atoms with van der Waals surface area (Å²) in [4.78, 5) is 43.4. The summed E-state index contributed by atoms with van der Waals surface area (Å²) >= 11 is 0. The average molecular weight is 622 g/mol. The van der Waals surface area contributed by atoms with Crippen LogP contribution in [0.5, 0.6) is 0 Å². The summed E-state index contributed by atoms with van der Waals surface area (Å²) in [7, 11) is 2.03. The molecule has 0 aliphatic carbocycles. The fraction of sp³-hybridized carbons (Fsp3) is 0.727. The zero-order valence-electron chi connectivity index (χ0n) is 27.0. The molecule has 248 valence electrons. The second-order valence-electron chi connectivity index (χ2n) is 12.7. The van der Waals surface area contributed by atoms with Crippen LogP contribution in [0.1, 0.15) is 59.8 Å². The van der Waals surface area contributed by atoms with Crippen LogP contribution >= 0.6 is 0 Å². The first kappa shape index (κ1) is 35.6. The maximum Gasteiger partial charge on any atom is 0.410 e. The van der Waals surface area contributed by atoms with Crippen molar-refractivity contribution in [2.75, 3.05) is 53.1 Å². The van der Waals surface area contributed by atoms with Gasteiger partial charge in [-0.3, -0.25) is 4.79 Å². The number of piperazine rings is 1. The van der Waals surface area contributed by atoms with E-state index in [9.17, 15) is 23.9 Å². The Labute approximate surface area is 261 Å². The number of nitrogens with zero attached hydrogens (tertiary/aromatic N) is 3. The van der Waals surface area contributed by atoms with Crippen molar-refractivity contribution < 1.29 is 38.1 Å². The van der Waals surface area contributed by atoms with Gasteiger partial charge in [-0.05, 0) is 57.2 Å². The Morgan fingerprint density at radius 2 is 1.84 bits per heavy atom. The number of alkyl halides is 1. The summed E-state index contributed by atoms with van der Waals surface area (Å²) in [5.41, 5.74) is 0.796. The Bertz CT molecular complexity index is 1040. The van der Waals surface area contributed by atoms with Gasteiger partial charge in [0.15, 0.2) is 0 Å². The maximum absolute atomic E-state index is 13.1. The smallest absolute Gasteiger partial charge is 0.410 e. The Balaban J connectivity index is 1.66. The largest absolute Gasteiger partial charge is 0.457 e. The number of allylic oxidation sites excluding steroid dienone is 2. The standard InChI is InChI=1S/C33H52FN3O7/c1-23(22-42-33(41)37-15-7-10-27(37)21-34)8-6-9-25(3)31-26(4)12-14-29(24(2)11-13-28(38)20-30(39)44-31)43-32(40)36-18-16-35(5)17-19-36/h6,8-9,12,14,23-24,26-29,31,38H,7,10-11,13,15-22H2,1-5H3/b8-6+,14-12-,25-9+/t23-,24+,26+,27+,28-,29+,31-/m1/s1. The number of rotatable bonds is 7. The van der Waals surface area contributed by atoms with Crippen molar-refractivity contribution in [3.05, 3.63) is 36.0 Å². The lowest BCUT2D eigenvalue weighted by Crippen LogP contribution is -2.48. The van der Waals surface area contributed by atoms with E-state index in [1.165, 1.54) is 4.90 Å². The van der Waals surface area contributed by atoms with E-state index in [0.717, 1.165) is 25.1 Å². The highest BCUT2D eigenvalue weighted by molar-refractivity contribution is 5.70. The fourth-order valence-corrected chi connectivity index (χ4v) is 5.70. The number of carbonyl (C=O) groups excluding carboxylic acids is 3. The number of aliphatic hydroxyl groups excluding tert-OH is 1. The molecular formula is C33H52FN3O7. The lowest BCUT2D eigenvalue weighted by molar-refractivity contribution is -0.151.